The standard InChI is InChI=1S/C21H28N2O3/c1-22-14-6-7-21(25)16-10-13-4-5-15(24)18-17(13)20(21,19(14)26-18)8-9-23(16)11-12-2-3-12/h4-5,12,14,16,19,22,24-25H,2-3,6-11H2,1H3/t14?,16-,19?,20+,21-/m1/s1. The second-order valence-electron chi connectivity index (χ2n) is 9.22. The molecule has 5 atom stereocenters. The smallest absolute Gasteiger partial charge is 0.165 e. The van der Waals surface area contributed by atoms with E-state index in [9.17, 15) is 10.2 Å². The van der Waals surface area contributed by atoms with Crippen LogP contribution in [0.4, 0.5) is 0 Å². The number of phenols is 1. The maximum Gasteiger partial charge on any atom is 0.165 e. The average molecular weight is 356 g/mol. The predicted octanol–water partition coefficient (Wildman–Crippen LogP) is 1.54. The SMILES string of the molecule is CNC1CC[C@@]2(O)[C@H]3Cc4ccc(O)c5c4[C@@]2(CCN3CC2CC2)C1O5. The van der Waals surface area contributed by atoms with Crippen LogP contribution >= 0.6 is 0 Å². The van der Waals surface area contributed by atoms with Crippen molar-refractivity contribution in [1.29, 1.82) is 0 Å². The molecule has 2 saturated carbocycles. The van der Waals surface area contributed by atoms with Crippen molar-refractivity contribution in [3.05, 3.63) is 23.3 Å². The molecule has 2 unspecified atom stereocenters. The van der Waals surface area contributed by atoms with Gasteiger partial charge in [-0.15, -0.1) is 0 Å². The fourth-order valence-electron chi connectivity index (χ4n) is 6.78. The normalized spacial score (nSPS) is 43.1. The molecular formula is C21H28N2O3. The van der Waals surface area contributed by atoms with Gasteiger partial charge in [-0.1, -0.05) is 6.07 Å². The van der Waals surface area contributed by atoms with Gasteiger partial charge in [0.15, 0.2) is 11.5 Å². The highest BCUT2D eigenvalue weighted by Gasteiger charge is 2.72. The van der Waals surface area contributed by atoms with Gasteiger partial charge in [-0.3, -0.25) is 4.90 Å². The lowest BCUT2D eigenvalue weighted by atomic mass is 9.48. The van der Waals surface area contributed by atoms with Crippen LogP contribution in [-0.4, -0.2) is 59.0 Å². The summed E-state index contributed by atoms with van der Waals surface area (Å²) in [5, 5.41) is 26.1. The Morgan fingerprint density at radius 1 is 1.27 bits per heavy atom. The summed E-state index contributed by atoms with van der Waals surface area (Å²) in [5.41, 5.74) is 1.25. The zero-order valence-electron chi connectivity index (χ0n) is 15.4. The van der Waals surface area contributed by atoms with Crippen molar-refractivity contribution in [3.63, 3.8) is 0 Å². The van der Waals surface area contributed by atoms with Crippen LogP contribution in [0.1, 0.15) is 43.2 Å². The molecule has 3 N–H and O–H groups in total. The third-order valence-corrected chi connectivity index (χ3v) is 8.13. The quantitative estimate of drug-likeness (QED) is 0.767. The van der Waals surface area contributed by atoms with Crippen LogP contribution < -0.4 is 10.1 Å². The van der Waals surface area contributed by atoms with E-state index >= 15 is 0 Å². The van der Waals surface area contributed by atoms with Gasteiger partial charge in [0, 0.05) is 24.2 Å². The highest BCUT2D eigenvalue weighted by Crippen LogP contribution is 2.65. The molecule has 5 nitrogen and oxygen atoms in total. The molecule has 1 aromatic carbocycles. The molecule has 0 amide bonds. The number of aromatic hydroxyl groups is 1. The number of rotatable bonds is 3. The van der Waals surface area contributed by atoms with Gasteiger partial charge in [-0.25, -0.2) is 0 Å². The monoisotopic (exact) mass is 356 g/mol. The summed E-state index contributed by atoms with van der Waals surface area (Å²) in [4.78, 5) is 2.58. The first-order valence-corrected chi connectivity index (χ1v) is 10.2. The minimum atomic E-state index is -0.760. The summed E-state index contributed by atoms with van der Waals surface area (Å²) in [6, 6.07) is 4.23. The number of hydrogen-bond acceptors (Lipinski definition) is 5. The lowest BCUT2D eigenvalue weighted by Gasteiger charge is -2.64. The number of nitrogens with one attached hydrogen (secondary N) is 1. The van der Waals surface area contributed by atoms with E-state index in [-0.39, 0.29) is 29.4 Å². The first-order chi connectivity index (χ1) is 12.6. The Bertz CT molecular complexity index is 779. The lowest BCUT2D eigenvalue weighted by molar-refractivity contribution is -0.191. The summed E-state index contributed by atoms with van der Waals surface area (Å²) in [7, 11) is 1.99. The van der Waals surface area contributed by atoms with E-state index in [0.717, 1.165) is 50.3 Å². The molecule has 140 valence electrons. The van der Waals surface area contributed by atoms with Gasteiger partial charge in [0.2, 0.25) is 0 Å². The van der Waals surface area contributed by atoms with Gasteiger partial charge in [-0.05, 0) is 69.7 Å². The van der Waals surface area contributed by atoms with Gasteiger partial charge in [0.1, 0.15) is 6.10 Å². The maximum atomic E-state index is 12.2. The Labute approximate surface area is 154 Å². The Morgan fingerprint density at radius 2 is 2.12 bits per heavy atom. The van der Waals surface area contributed by atoms with Crippen molar-refractivity contribution in [2.24, 2.45) is 5.92 Å². The van der Waals surface area contributed by atoms with Crippen molar-refractivity contribution >= 4 is 0 Å². The zero-order valence-corrected chi connectivity index (χ0v) is 15.4. The lowest BCUT2D eigenvalue weighted by Crippen LogP contribution is -2.78. The fraction of sp³-hybridized carbons (Fsp3) is 0.714. The van der Waals surface area contributed by atoms with Crippen molar-refractivity contribution in [1.82, 2.24) is 10.2 Å². The Morgan fingerprint density at radius 3 is 2.88 bits per heavy atom. The maximum absolute atomic E-state index is 12.2. The van der Waals surface area contributed by atoms with Crippen molar-refractivity contribution in [3.8, 4) is 11.5 Å². The van der Waals surface area contributed by atoms with Crippen LogP contribution in [0.5, 0.6) is 11.5 Å². The van der Waals surface area contributed by atoms with Crippen LogP contribution in [0.15, 0.2) is 12.1 Å². The van der Waals surface area contributed by atoms with E-state index in [4.69, 9.17) is 4.74 Å². The average Bonchev–Trinajstić information content (AvgIpc) is 3.37. The molecule has 2 aliphatic heterocycles. The van der Waals surface area contributed by atoms with Crippen LogP contribution in [0.25, 0.3) is 0 Å². The second kappa shape index (κ2) is 4.94. The molecule has 6 rings (SSSR count). The second-order valence-corrected chi connectivity index (χ2v) is 9.22. The summed E-state index contributed by atoms with van der Waals surface area (Å²) in [5.74, 6) is 1.69. The number of aliphatic hydroxyl groups is 1. The van der Waals surface area contributed by atoms with Crippen LogP contribution in [0.3, 0.4) is 0 Å². The van der Waals surface area contributed by atoms with Crippen LogP contribution in [0, 0.1) is 5.92 Å². The van der Waals surface area contributed by atoms with Gasteiger partial charge in [-0.2, -0.15) is 0 Å². The molecule has 2 heterocycles. The number of nitrogens with zero attached hydrogens (tertiary/aromatic N) is 1. The van der Waals surface area contributed by atoms with E-state index in [1.54, 1.807) is 6.07 Å². The minimum Gasteiger partial charge on any atom is -0.504 e. The minimum absolute atomic E-state index is 0.0980. The van der Waals surface area contributed by atoms with Gasteiger partial charge in [0.25, 0.3) is 0 Å². The van der Waals surface area contributed by atoms with Gasteiger partial charge >= 0.3 is 0 Å². The van der Waals surface area contributed by atoms with Crippen molar-refractivity contribution in [2.45, 2.75) is 67.7 Å². The van der Waals surface area contributed by atoms with Crippen LogP contribution in [0.2, 0.25) is 0 Å². The Kier molecular flexibility index (Phi) is 2.99. The molecule has 3 aliphatic carbocycles. The highest BCUT2D eigenvalue weighted by molar-refractivity contribution is 5.62. The highest BCUT2D eigenvalue weighted by atomic mass is 16.5. The molecule has 26 heavy (non-hydrogen) atoms. The molecule has 3 fully saturated rings. The number of likely N-dealkylation sites (tertiary alicyclic amines) is 1. The molecule has 5 aliphatic rings. The fourth-order valence-corrected chi connectivity index (χ4v) is 6.78. The number of likely N-dealkylation sites (N-methyl/N-ethyl adjacent to an activating group) is 1. The van der Waals surface area contributed by atoms with Crippen LogP contribution in [-0.2, 0) is 11.8 Å². The van der Waals surface area contributed by atoms with E-state index in [2.05, 4.69) is 16.3 Å². The molecule has 1 spiro atoms. The molecule has 0 aromatic heterocycles. The number of piperidine rings is 1. The largest absolute Gasteiger partial charge is 0.504 e. The van der Waals surface area contributed by atoms with E-state index < -0.39 is 5.60 Å². The summed E-state index contributed by atoms with van der Waals surface area (Å²) < 4.78 is 6.42. The Hall–Kier alpha value is -1.30. The third-order valence-electron chi connectivity index (χ3n) is 8.13. The molecule has 0 radical (unpaired) electrons. The molecule has 1 aromatic rings. The zero-order chi connectivity index (χ0) is 17.7. The molecule has 2 bridgehead atoms. The first-order valence-electron chi connectivity index (χ1n) is 10.2. The molecular weight excluding hydrogens is 328 g/mol. The summed E-state index contributed by atoms with van der Waals surface area (Å²) in [6.45, 7) is 2.15. The first kappa shape index (κ1) is 15.7. The predicted molar refractivity (Wildman–Crippen MR) is 97.6 cm³/mol. The van der Waals surface area contributed by atoms with E-state index in [0.29, 0.717) is 5.75 Å². The van der Waals surface area contributed by atoms with Crippen molar-refractivity contribution < 1.29 is 14.9 Å². The summed E-state index contributed by atoms with van der Waals surface area (Å²) in [6.07, 6.45) is 6.09. The van der Waals surface area contributed by atoms with Gasteiger partial charge < -0.3 is 20.3 Å². The molecule has 1 saturated heterocycles. The Balaban J connectivity index is 1.55. The summed E-state index contributed by atoms with van der Waals surface area (Å²) >= 11 is 0. The van der Waals surface area contributed by atoms with Crippen molar-refractivity contribution in [2.75, 3.05) is 20.1 Å². The number of ether oxygens (including phenoxy) is 1. The van der Waals surface area contributed by atoms with Gasteiger partial charge in [0.05, 0.1) is 11.0 Å². The third kappa shape index (κ3) is 1.68. The number of hydrogen-bond donors (Lipinski definition) is 3. The number of phenolic OH excluding ortho intramolecular Hbond substituents is 1. The van der Waals surface area contributed by atoms with E-state index in [1.165, 1.54) is 18.4 Å². The van der Waals surface area contributed by atoms with E-state index in [1.807, 2.05) is 7.05 Å². The topological polar surface area (TPSA) is 65.0 Å². The molecule has 5 heteroatoms. The number of benzene rings is 1.